The second-order valence-corrected chi connectivity index (χ2v) is 6.64. The first-order chi connectivity index (χ1) is 12.5. The SMILES string of the molecule is CCCC(CCO)CNC(=NCc1ccc(C(=O)N(C)C)cc1)NCC. The zero-order chi connectivity index (χ0) is 19.4. The molecule has 0 aliphatic carbocycles. The standard InChI is InChI=1S/C20H34N4O2/c1-5-7-16(12-13-25)14-22-20(21-6-2)23-15-17-8-10-18(11-9-17)19(26)24(3)4/h8-11,16,25H,5-7,12-15H2,1-4H3,(H2,21,22,23). The Bertz CT molecular complexity index is 549. The number of nitrogens with one attached hydrogen (secondary N) is 2. The number of guanidine groups is 1. The normalized spacial score (nSPS) is 12.6. The molecule has 0 bridgehead atoms. The maximum atomic E-state index is 11.9. The van der Waals surface area contributed by atoms with Crippen molar-refractivity contribution in [2.75, 3.05) is 33.8 Å². The van der Waals surface area contributed by atoms with E-state index in [2.05, 4.69) is 22.5 Å². The molecular weight excluding hydrogens is 328 g/mol. The van der Waals surface area contributed by atoms with Gasteiger partial charge in [0.1, 0.15) is 0 Å². The van der Waals surface area contributed by atoms with Crippen LogP contribution in [0.3, 0.4) is 0 Å². The first-order valence-electron chi connectivity index (χ1n) is 9.45. The Balaban J connectivity index is 2.66. The summed E-state index contributed by atoms with van der Waals surface area (Å²) >= 11 is 0. The molecule has 1 aromatic carbocycles. The van der Waals surface area contributed by atoms with Crippen molar-refractivity contribution in [3.63, 3.8) is 0 Å². The van der Waals surface area contributed by atoms with E-state index in [1.165, 1.54) is 0 Å². The zero-order valence-corrected chi connectivity index (χ0v) is 16.6. The fraction of sp³-hybridized carbons (Fsp3) is 0.600. The van der Waals surface area contributed by atoms with Gasteiger partial charge in [-0.25, -0.2) is 4.99 Å². The lowest BCUT2D eigenvalue weighted by Gasteiger charge is -2.18. The molecule has 0 spiro atoms. The smallest absolute Gasteiger partial charge is 0.253 e. The summed E-state index contributed by atoms with van der Waals surface area (Å²) in [6.45, 7) is 6.56. The van der Waals surface area contributed by atoms with Crippen molar-refractivity contribution >= 4 is 11.9 Å². The van der Waals surface area contributed by atoms with Crippen LogP contribution in [0.5, 0.6) is 0 Å². The lowest BCUT2D eigenvalue weighted by atomic mass is 10.0. The quantitative estimate of drug-likeness (QED) is 0.441. The molecule has 0 saturated heterocycles. The van der Waals surface area contributed by atoms with Crippen LogP contribution in [0.2, 0.25) is 0 Å². The van der Waals surface area contributed by atoms with Gasteiger partial charge in [-0.1, -0.05) is 25.5 Å². The van der Waals surface area contributed by atoms with Gasteiger partial charge in [-0.3, -0.25) is 4.79 Å². The van der Waals surface area contributed by atoms with Crippen LogP contribution in [-0.4, -0.2) is 55.7 Å². The number of nitrogens with zero attached hydrogens (tertiary/aromatic N) is 2. The first kappa shape index (κ1) is 22.0. The first-order valence-corrected chi connectivity index (χ1v) is 9.45. The molecule has 0 aliphatic heterocycles. The summed E-state index contributed by atoms with van der Waals surface area (Å²) in [6.07, 6.45) is 3.01. The lowest BCUT2D eigenvalue weighted by Crippen LogP contribution is -2.40. The Labute approximate surface area is 157 Å². The van der Waals surface area contributed by atoms with Crippen LogP contribution in [0.15, 0.2) is 29.3 Å². The van der Waals surface area contributed by atoms with E-state index in [1.54, 1.807) is 19.0 Å². The molecule has 1 aromatic rings. The van der Waals surface area contributed by atoms with E-state index in [4.69, 9.17) is 0 Å². The largest absolute Gasteiger partial charge is 0.396 e. The highest BCUT2D eigenvalue weighted by atomic mass is 16.3. The summed E-state index contributed by atoms with van der Waals surface area (Å²) in [5.41, 5.74) is 1.73. The predicted octanol–water partition coefficient (Wildman–Crippen LogP) is 2.24. The average Bonchev–Trinajstić information content (AvgIpc) is 2.64. The zero-order valence-electron chi connectivity index (χ0n) is 16.6. The number of carbonyl (C=O) groups is 1. The molecule has 1 atom stereocenters. The highest BCUT2D eigenvalue weighted by Crippen LogP contribution is 2.10. The summed E-state index contributed by atoms with van der Waals surface area (Å²) < 4.78 is 0. The molecule has 6 nitrogen and oxygen atoms in total. The number of amides is 1. The maximum Gasteiger partial charge on any atom is 0.253 e. The number of carbonyl (C=O) groups excluding carboxylic acids is 1. The van der Waals surface area contributed by atoms with Crippen molar-refractivity contribution in [1.29, 1.82) is 0 Å². The topological polar surface area (TPSA) is 77.0 Å². The van der Waals surface area contributed by atoms with E-state index >= 15 is 0 Å². The van der Waals surface area contributed by atoms with Crippen molar-refractivity contribution in [1.82, 2.24) is 15.5 Å². The van der Waals surface area contributed by atoms with Gasteiger partial charge in [0, 0.05) is 39.4 Å². The van der Waals surface area contributed by atoms with Crippen LogP contribution in [0, 0.1) is 5.92 Å². The van der Waals surface area contributed by atoms with Crippen LogP contribution in [0.25, 0.3) is 0 Å². The van der Waals surface area contributed by atoms with E-state index in [-0.39, 0.29) is 12.5 Å². The molecule has 0 aromatic heterocycles. The minimum atomic E-state index is 0.000839. The lowest BCUT2D eigenvalue weighted by molar-refractivity contribution is 0.0827. The Hall–Kier alpha value is -2.08. The molecule has 1 unspecified atom stereocenters. The molecule has 0 heterocycles. The molecular formula is C20H34N4O2. The average molecular weight is 363 g/mol. The number of rotatable bonds is 10. The van der Waals surface area contributed by atoms with Crippen molar-refractivity contribution < 1.29 is 9.90 Å². The van der Waals surface area contributed by atoms with Crippen LogP contribution in [0.1, 0.15) is 49.0 Å². The van der Waals surface area contributed by atoms with Crippen LogP contribution < -0.4 is 10.6 Å². The van der Waals surface area contributed by atoms with E-state index in [0.29, 0.717) is 18.0 Å². The third-order valence-corrected chi connectivity index (χ3v) is 4.16. The van der Waals surface area contributed by atoms with Gasteiger partial charge in [-0.2, -0.15) is 0 Å². The van der Waals surface area contributed by atoms with E-state index in [0.717, 1.165) is 43.9 Å². The van der Waals surface area contributed by atoms with E-state index in [1.807, 2.05) is 31.2 Å². The van der Waals surface area contributed by atoms with E-state index < -0.39 is 0 Å². The van der Waals surface area contributed by atoms with Gasteiger partial charge in [-0.05, 0) is 43.4 Å². The van der Waals surface area contributed by atoms with Crippen molar-refractivity contribution in [2.45, 2.75) is 39.7 Å². The number of aliphatic hydroxyl groups excluding tert-OH is 1. The van der Waals surface area contributed by atoms with Gasteiger partial charge >= 0.3 is 0 Å². The fourth-order valence-corrected chi connectivity index (χ4v) is 2.70. The fourth-order valence-electron chi connectivity index (χ4n) is 2.70. The van der Waals surface area contributed by atoms with Gasteiger partial charge < -0.3 is 20.6 Å². The molecule has 0 saturated carbocycles. The molecule has 1 rings (SSSR count). The highest BCUT2D eigenvalue weighted by Gasteiger charge is 2.09. The molecule has 0 aliphatic rings. The van der Waals surface area contributed by atoms with Gasteiger partial charge in [0.25, 0.3) is 5.91 Å². The maximum absolute atomic E-state index is 11.9. The summed E-state index contributed by atoms with van der Waals surface area (Å²) in [4.78, 5) is 18.1. The number of hydrogen-bond donors (Lipinski definition) is 3. The second-order valence-electron chi connectivity index (χ2n) is 6.64. The second kappa shape index (κ2) is 12.3. The molecule has 26 heavy (non-hydrogen) atoms. The molecule has 3 N–H and O–H groups in total. The van der Waals surface area contributed by atoms with Crippen LogP contribution >= 0.6 is 0 Å². The van der Waals surface area contributed by atoms with Crippen LogP contribution in [-0.2, 0) is 6.54 Å². The Morgan fingerprint density at radius 3 is 2.38 bits per heavy atom. The van der Waals surface area contributed by atoms with Gasteiger partial charge in [0.2, 0.25) is 0 Å². The Kier molecular flexibility index (Phi) is 10.4. The number of aliphatic imine (C=N–C) groups is 1. The van der Waals surface area contributed by atoms with Gasteiger partial charge in [0.05, 0.1) is 6.54 Å². The summed E-state index contributed by atoms with van der Waals surface area (Å²) in [5.74, 6) is 1.23. The molecule has 6 heteroatoms. The number of aliphatic hydroxyl groups is 1. The molecule has 1 amide bonds. The van der Waals surface area contributed by atoms with Gasteiger partial charge in [0.15, 0.2) is 5.96 Å². The third kappa shape index (κ3) is 7.87. The van der Waals surface area contributed by atoms with Crippen molar-refractivity contribution in [3.8, 4) is 0 Å². The van der Waals surface area contributed by atoms with E-state index in [9.17, 15) is 9.90 Å². The third-order valence-electron chi connectivity index (χ3n) is 4.16. The minimum Gasteiger partial charge on any atom is -0.396 e. The van der Waals surface area contributed by atoms with Crippen molar-refractivity contribution in [3.05, 3.63) is 35.4 Å². The summed E-state index contributed by atoms with van der Waals surface area (Å²) in [6, 6.07) is 7.56. The Morgan fingerprint density at radius 2 is 1.85 bits per heavy atom. The molecule has 0 radical (unpaired) electrons. The summed E-state index contributed by atoms with van der Waals surface area (Å²) in [7, 11) is 3.50. The van der Waals surface area contributed by atoms with Crippen LogP contribution in [0.4, 0.5) is 0 Å². The Morgan fingerprint density at radius 1 is 1.15 bits per heavy atom. The molecule has 0 fully saturated rings. The van der Waals surface area contributed by atoms with Crippen molar-refractivity contribution in [2.24, 2.45) is 10.9 Å². The molecule has 146 valence electrons. The summed E-state index contributed by atoms with van der Waals surface area (Å²) in [5, 5.41) is 15.8. The minimum absolute atomic E-state index is 0.000839. The monoisotopic (exact) mass is 362 g/mol. The predicted molar refractivity (Wildman–Crippen MR) is 107 cm³/mol. The number of hydrogen-bond acceptors (Lipinski definition) is 3. The highest BCUT2D eigenvalue weighted by molar-refractivity contribution is 5.93. The number of benzene rings is 1. The van der Waals surface area contributed by atoms with Gasteiger partial charge in [-0.15, -0.1) is 0 Å².